The molecule has 0 radical (unpaired) electrons. The molecular formula is C10H20N2O3. The predicted octanol–water partition coefficient (Wildman–Crippen LogP) is 0.197. The van der Waals surface area contributed by atoms with Crippen LogP contribution in [0.1, 0.15) is 27.2 Å². The summed E-state index contributed by atoms with van der Waals surface area (Å²) in [7, 11) is 0. The molecule has 0 aromatic heterocycles. The second kappa shape index (κ2) is 6.40. The van der Waals surface area contributed by atoms with Crippen molar-refractivity contribution in [3.8, 4) is 0 Å². The van der Waals surface area contributed by atoms with Crippen molar-refractivity contribution in [3.63, 3.8) is 0 Å². The van der Waals surface area contributed by atoms with Crippen molar-refractivity contribution in [2.24, 2.45) is 17.6 Å². The topological polar surface area (TPSA) is 92.4 Å². The smallest absolute Gasteiger partial charge is 0.326 e. The molecule has 0 aromatic carbocycles. The normalized spacial score (nSPS) is 14.7. The third kappa shape index (κ3) is 4.29. The Morgan fingerprint density at radius 3 is 2.20 bits per heavy atom. The number of nitrogens with one attached hydrogen (secondary N) is 1. The Bertz CT molecular complexity index is 229. The fraction of sp³-hybridized carbons (Fsp3) is 0.800. The lowest BCUT2D eigenvalue weighted by molar-refractivity contribution is -0.142. The Hall–Kier alpha value is -1.10. The van der Waals surface area contributed by atoms with Crippen LogP contribution < -0.4 is 11.1 Å². The maximum atomic E-state index is 11.6. The molecule has 0 aliphatic rings. The molecule has 0 aliphatic carbocycles. The van der Waals surface area contributed by atoms with E-state index in [1.807, 2.05) is 13.8 Å². The number of carbonyl (C=O) groups excluding carboxylic acids is 1. The summed E-state index contributed by atoms with van der Waals surface area (Å²) in [5, 5.41) is 11.2. The number of carboxylic acids is 1. The quantitative estimate of drug-likeness (QED) is 0.591. The van der Waals surface area contributed by atoms with Gasteiger partial charge in [0.2, 0.25) is 5.91 Å². The van der Waals surface area contributed by atoms with Crippen LogP contribution in [0.25, 0.3) is 0 Å². The van der Waals surface area contributed by atoms with Gasteiger partial charge in [-0.15, -0.1) is 0 Å². The van der Waals surface area contributed by atoms with Gasteiger partial charge in [-0.3, -0.25) is 4.79 Å². The Morgan fingerprint density at radius 2 is 1.93 bits per heavy atom. The van der Waals surface area contributed by atoms with Crippen LogP contribution in [0.5, 0.6) is 0 Å². The fourth-order valence-electron chi connectivity index (χ4n) is 1.30. The zero-order chi connectivity index (χ0) is 12.0. The second-order valence-corrected chi connectivity index (χ2v) is 3.89. The number of hydrogen-bond acceptors (Lipinski definition) is 3. The summed E-state index contributed by atoms with van der Waals surface area (Å²) in [5.74, 6) is -1.49. The molecule has 0 heterocycles. The van der Waals surface area contributed by atoms with Gasteiger partial charge < -0.3 is 16.2 Å². The molecule has 15 heavy (non-hydrogen) atoms. The highest BCUT2D eigenvalue weighted by Gasteiger charge is 2.25. The van der Waals surface area contributed by atoms with E-state index in [1.165, 1.54) is 0 Å². The molecule has 0 aromatic rings. The zero-order valence-electron chi connectivity index (χ0n) is 9.49. The van der Waals surface area contributed by atoms with Gasteiger partial charge in [-0.25, -0.2) is 4.79 Å². The summed E-state index contributed by atoms with van der Waals surface area (Å²) < 4.78 is 0. The fourth-order valence-corrected chi connectivity index (χ4v) is 1.30. The first-order valence-electron chi connectivity index (χ1n) is 5.17. The van der Waals surface area contributed by atoms with Crippen LogP contribution in [0, 0.1) is 11.8 Å². The minimum atomic E-state index is -1.01. The molecule has 0 saturated heterocycles. The van der Waals surface area contributed by atoms with Crippen molar-refractivity contribution in [1.29, 1.82) is 0 Å². The zero-order valence-corrected chi connectivity index (χ0v) is 9.49. The molecule has 0 spiro atoms. The van der Waals surface area contributed by atoms with Crippen molar-refractivity contribution in [3.05, 3.63) is 0 Å². The highest BCUT2D eigenvalue weighted by molar-refractivity contribution is 5.85. The Morgan fingerprint density at radius 1 is 1.40 bits per heavy atom. The van der Waals surface area contributed by atoms with E-state index in [2.05, 4.69) is 5.32 Å². The van der Waals surface area contributed by atoms with Crippen molar-refractivity contribution < 1.29 is 14.7 Å². The van der Waals surface area contributed by atoms with Gasteiger partial charge in [-0.2, -0.15) is 0 Å². The van der Waals surface area contributed by atoms with Gasteiger partial charge in [0.05, 0.1) is 5.92 Å². The minimum absolute atomic E-state index is 0.112. The van der Waals surface area contributed by atoms with Gasteiger partial charge in [0.25, 0.3) is 0 Å². The lowest BCUT2D eigenvalue weighted by Gasteiger charge is -2.20. The number of carbonyl (C=O) groups is 2. The molecule has 5 nitrogen and oxygen atoms in total. The molecule has 88 valence electrons. The number of carboxylic acid groups (broad SMARTS) is 1. The summed E-state index contributed by atoms with van der Waals surface area (Å²) in [6, 6.07) is -0.815. The average molecular weight is 216 g/mol. The highest BCUT2D eigenvalue weighted by atomic mass is 16.4. The molecule has 2 atom stereocenters. The number of nitrogens with two attached hydrogens (primary N) is 1. The van der Waals surface area contributed by atoms with Gasteiger partial charge in [-0.05, 0) is 12.3 Å². The number of hydrogen-bond donors (Lipinski definition) is 3. The van der Waals surface area contributed by atoms with E-state index in [0.29, 0.717) is 6.42 Å². The number of aliphatic carboxylic acids is 1. The first-order chi connectivity index (χ1) is 6.93. The average Bonchev–Trinajstić information content (AvgIpc) is 2.14. The predicted molar refractivity (Wildman–Crippen MR) is 57.2 cm³/mol. The van der Waals surface area contributed by atoms with E-state index >= 15 is 0 Å². The molecule has 0 saturated carbocycles. The van der Waals surface area contributed by atoms with E-state index in [4.69, 9.17) is 10.8 Å². The summed E-state index contributed by atoms with van der Waals surface area (Å²) in [6.07, 6.45) is 0.371. The third-order valence-corrected chi connectivity index (χ3v) is 2.42. The van der Waals surface area contributed by atoms with Crippen molar-refractivity contribution in [1.82, 2.24) is 5.32 Å². The molecule has 0 bridgehead atoms. The highest BCUT2D eigenvalue weighted by Crippen LogP contribution is 2.09. The van der Waals surface area contributed by atoms with Crippen LogP contribution in [-0.4, -0.2) is 29.6 Å². The molecule has 5 heteroatoms. The first-order valence-corrected chi connectivity index (χ1v) is 5.17. The van der Waals surface area contributed by atoms with Crippen LogP contribution in [0.4, 0.5) is 0 Å². The van der Waals surface area contributed by atoms with E-state index in [9.17, 15) is 9.59 Å². The van der Waals surface area contributed by atoms with Gasteiger partial charge in [0.1, 0.15) is 6.04 Å². The summed E-state index contributed by atoms with van der Waals surface area (Å²) >= 11 is 0. The van der Waals surface area contributed by atoms with E-state index < -0.39 is 12.0 Å². The Kier molecular flexibility index (Phi) is 5.93. The van der Waals surface area contributed by atoms with E-state index in [1.54, 1.807) is 6.92 Å². The van der Waals surface area contributed by atoms with Crippen molar-refractivity contribution >= 4 is 11.9 Å². The molecule has 0 aliphatic heterocycles. The standard InChI is InChI=1S/C10H20N2O3/c1-4-8(10(14)15)12-9(13)7(5-11)6(2)3/h6-8H,4-5,11H2,1-3H3,(H,12,13)(H,14,15)/t7?,8-/m0/s1. The van der Waals surface area contributed by atoms with Crippen LogP contribution >= 0.6 is 0 Å². The lowest BCUT2D eigenvalue weighted by Crippen LogP contribution is -2.46. The minimum Gasteiger partial charge on any atom is -0.480 e. The molecular weight excluding hydrogens is 196 g/mol. The molecule has 0 rings (SSSR count). The van der Waals surface area contributed by atoms with E-state index in [-0.39, 0.29) is 24.3 Å². The van der Waals surface area contributed by atoms with Crippen LogP contribution in [0.15, 0.2) is 0 Å². The third-order valence-electron chi connectivity index (χ3n) is 2.42. The van der Waals surface area contributed by atoms with Crippen LogP contribution in [0.2, 0.25) is 0 Å². The lowest BCUT2D eigenvalue weighted by atomic mass is 9.95. The molecule has 4 N–H and O–H groups in total. The second-order valence-electron chi connectivity index (χ2n) is 3.89. The molecule has 1 unspecified atom stereocenters. The maximum absolute atomic E-state index is 11.6. The van der Waals surface area contributed by atoms with Gasteiger partial charge in [0.15, 0.2) is 0 Å². The Labute approximate surface area is 90.0 Å². The first kappa shape index (κ1) is 13.9. The SMILES string of the molecule is CC[C@H](NC(=O)C(CN)C(C)C)C(=O)O. The Balaban J connectivity index is 4.38. The van der Waals surface area contributed by atoms with Crippen LogP contribution in [-0.2, 0) is 9.59 Å². The maximum Gasteiger partial charge on any atom is 0.326 e. The summed E-state index contributed by atoms with van der Waals surface area (Å²) in [4.78, 5) is 22.3. The van der Waals surface area contributed by atoms with E-state index in [0.717, 1.165) is 0 Å². The molecule has 1 amide bonds. The summed E-state index contributed by atoms with van der Waals surface area (Å²) in [6.45, 7) is 5.73. The van der Waals surface area contributed by atoms with Crippen molar-refractivity contribution in [2.75, 3.05) is 6.54 Å². The number of amides is 1. The van der Waals surface area contributed by atoms with Gasteiger partial charge >= 0.3 is 5.97 Å². The van der Waals surface area contributed by atoms with Crippen LogP contribution in [0.3, 0.4) is 0 Å². The largest absolute Gasteiger partial charge is 0.480 e. The number of rotatable bonds is 6. The van der Waals surface area contributed by atoms with Gasteiger partial charge in [0, 0.05) is 6.54 Å². The monoisotopic (exact) mass is 216 g/mol. The van der Waals surface area contributed by atoms with Crippen molar-refractivity contribution in [2.45, 2.75) is 33.2 Å². The molecule has 0 fully saturated rings. The summed E-state index contributed by atoms with van der Waals surface area (Å²) in [5.41, 5.74) is 5.46. The van der Waals surface area contributed by atoms with Gasteiger partial charge in [-0.1, -0.05) is 20.8 Å².